The van der Waals surface area contributed by atoms with Crippen LogP contribution in [0.3, 0.4) is 0 Å². The highest BCUT2D eigenvalue weighted by molar-refractivity contribution is 5.77. The number of hydrogen-bond acceptors (Lipinski definition) is 6. The van der Waals surface area contributed by atoms with Gasteiger partial charge in [0.1, 0.15) is 11.3 Å². The van der Waals surface area contributed by atoms with E-state index in [2.05, 4.69) is 20.5 Å². The number of nitrogens with one attached hydrogen (secondary N) is 2. The number of benzene rings is 1. The summed E-state index contributed by atoms with van der Waals surface area (Å²) in [6, 6.07) is 6.25. The van der Waals surface area contributed by atoms with Gasteiger partial charge in [-0.25, -0.2) is 0 Å². The molecule has 25 heavy (non-hydrogen) atoms. The van der Waals surface area contributed by atoms with Crippen molar-refractivity contribution >= 4 is 23.0 Å². The Labute approximate surface area is 147 Å². The van der Waals surface area contributed by atoms with Gasteiger partial charge >= 0.3 is 0 Å². The fourth-order valence-corrected chi connectivity index (χ4v) is 3.22. The van der Waals surface area contributed by atoms with Crippen molar-refractivity contribution in [1.29, 1.82) is 0 Å². The molecule has 0 saturated carbocycles. The topological polar surface area (TPSA) is 79.6 Å². The average molecular weight is 346 g/mol. The van der Waals surface area contributed by atoms with Crippen LogP contribution in [0, 0.1) is 5.92 Å². The zero-order valence-corrected chi connectivity index (χ0v) is 14.9. The van der Waals surface area contributed by atoms with Gasteiger partial charge in [-0.2, -0.15) is 4.98 Å². The summed E-state index contributed by atoms with van der Waals surface area (Å²) in [5.74, 6) is 1.21. The first-order chi connectivity index (χ1) is 12.2. The molecule has 7 heteroatoms. The molecule has 1 saturated heterocycles. The van der Waals surface area contributed by atoms with E-state index in [0.29, 0.717) is 24.9 Å². The van der Waals surface area contributed by atoms with Gasteiger partial charge in [0, 0.05) is 38.7 Å². The third-order valence-electron chi connectivity index (χ3n) is 4.54. The second kappa shape index (κ2) is 8.20. The van der Waals surface area contributed by atoms with Gasteiger partial charge in [0.2, 0.25) is 5.91 Å². The Morgan fingerprint density at radius 3 is 3.12 bits per heavy atom. The second-order valence-corrected chi connectivity index (χ2v) is 6.44. The number of methoxy groups -OCH3 is 1. The Kier molecular flexibility index (Phi) is 5.75. The van der Waals surface area contributed by atoms with E-state index in [4.69, 9.17) is 9.15 Å². The zero-order chi connectivity index (χ0) is 17.6. The summed E-state index contributed by atoms with van der Waals surface area (Å²) < 4.78 is 11.1. The molecule has 7 nitrogen and oxygen atoms in total. The molecular formula is C18H26N4O3. The highest BCUT2D eigenvalue weighted by Crippen LogP contribution is 2.29. The monoisotopic (exact) mass is 346 g/mol. The number of hydrogen-bond donors (Lipinski definition) is 2. The van der Waals surface area contributed by atoms with E-state index in [0.717, 1.165) is 49.3 Å². The van der Waals surface area contributed by atoms with E-state index >= 15 is 0 Å². The molecule has 1 aromatic heterocycles. The van der Waals surface area contributed by atoms with E-state index < -0.39 is 0 Å². The lowest BCUT2D eigenvalue weighted by atomic mass is 9.95. The maximum absolute atomic E-state index is 12.0. The van der Waals surface area contributed by atoms with Crippen LogP contribution in [0.15, 0.2) is 22.6 Å². The molecule has 0 bridgehead atoms. The first kappa shape index (κ1) is 17.5. The Morgan fingerprint density at radius 2 is 2.32 bits per heavy atom. The van der Waals surface area contributed by atoms with Gasteiger partial charge in [0.25, 0.3) is 6.01 Å². The molecule has 3 rings (SSSR count). The summed E-state index contributed by atoms with van der Waals surface area (Å²) in [5, 5.41) is 5.97. The van der Waals surface area contributed by atoms with Crippen LogP contribution in [0.4, 0.5) is 6.01 Å². The standard InChI is InChI=1S/C18H26N4O3/c1-19-7-8-20-17(23)10-13-4-3-9-22(12-13)18-21-15-11-14(24-2)5-6-16(15)25-18/h5-6,11,13,19H,3-4,7-10,12H2,1-2H3,(H,20,23). The molecule has 0 radical (unpaired) electrons. The van der Waals surface area contributed by atoms with Crippen molar-refractivity contribution in [1.82, 2.24) is 15.6 Å². The summed E-state index contributed by atoms with van der Waals surface area (Å²) in [5.41, 5.74) is 1.55. The minimum Gasteiger partial charge on any atom is -0.497 e. The molecule has 1 fully saturated rings. The third kappa shape index (κ3) is 4.42. The van der Waals surface area contributed by atoms with Gasteiger partial charge in [-0.15, -0.1) is 0 Å². The van der Waals surface area contributed by atoms with Crippen molar-refractivity contribution in [3.63, 3.8) is 0 Å². The van der Waals surface area contributed by atoms with Crippen LogP contribution in [0.25, 0.3) is 11.1 Å². The molecule has 2 N–H and O–H groups in total. The number of aromatic nitrogens is 1. The minimum atomic E-state index is 0.115. The number of rotatable bonds is 7. The van der Waals surface area contributed by atoms with E-state index in [-0.39, 0.29) is 5.91 Å². The number of amides is 1. The molecule has 0 spiro atoms. The smallest absolute Gasteiger partial charge is 0.298 e. The molecule has 1 aliphatic heterocycles. The number of fused-ring (bicyclic) bond motifs is 1. The Bertz CT molecular complexity index is 715. The van der Waals surface area contributed by atoms with E-state index in [1.165, 1.54) is 0 Å². The maximum Gasteiger partial charge on any atom is 0.298 e. The molecule has 1 aliphatic rings. The number of carbonyl (C=O) groups is 1. The number of nitrogens with zero attached hydrogens (tertiary/aromatic N) is 2. The highest BCUT2D eigenvalue weighted by atomic mass is 16.5. The number of ether oxygens (including phenoxy) is 1. The van der Waals surface area contributed by atoms with Crippen LogP contribution in [-0.2, 0) is 4.79 Å². The largest absolute Gasteiger partial charge is 0.497 e. The molecular weight excluding hydrogens is 320 g/mol. The molecule has 2 heterocycles. The fourth-order valence-electron chi connectivity index (χ4n) is 3.22. The second-order valence-electron chi connectivity index (χ2n) is 6.44. The van der Waals surface area contributed by atoms with Crippen LogP contribution in [-0.4, -0.2) is 51.2 Å². The molecule has 0 aliphatic carbocycles. The van der Waals surface area contributed by atoms with Gasteiger partial charge in [0.05, 0.1) is 7.11 Å². The van der Waals surface area contributed by atoms with Crippen LogP contribution in [0.1, 0.15) is 19.3 Å². The molecule has 1 atom stereocenters. The lowest BCUT2D eigenvalue weighted by Gasteiger charge is -2.31. The van der Waals surface area contributed by atoms with Crippen molar-refractivity contribution in [3.8, 4) is 5.75 Å². The van der Waals surface area contributed by atoms with Crippen LogP contribution in [0.5, 0.6) is 5.75 Å². The van der Waals surface area contributed by atoms with Gasteiger partial charge in [-0.05, 0) is 37.9 Å². The van der Waals surface area contributed by atoms with Crippen LogP contribution in [0.2, 0.25) is 0 Å². The van der Waals surface area contributed by atoms with Crippen molar-refractivity contribution in [3.05, 3.63) is 18.2 Å². The fraction of sp³-hybridized carbons (Fsp3) is 0.556. The molecule has 1 unspecified atom stereocenters. The zero-order valence-electron chi connectivity index (χ0n) is 14.9. The maximum atomic E-state index is 12.0. The molecule has 1 aromatic carbocycles. The number of carbonyl (C=O) groups excluding carboxylic acids is 1. The number of piperidine rings is 1. The average Bonchev–Trinajstić information content (AvgIpc) is 3.05. The molecule has 136 valence electrons. The Balaban J connectivity index is 1.62. The van der Waals surface area contributed by atoms with Crippen molar-refractivity contribution < 1.29 is 13.9 Å². The number of likely N-dealkylation sites (N-methyl/N-ethyl adjacent to an activating group) is 1. The van der Waals surface area contributed by atoms with Crippen molar-refractivity contribution in [2.45, 2.75) is 19.3 Å². The number of oxazole rings is 1. The SMILES string of the molecule is CNCCNC(=O)CC1CCCN(c2nc3cc(OC)ccc3o2)C1. The van der Waals surface area contributed by atoms with Gasteiger partial charge in [-0.1, -0.05) is 0 Å². The summed E-state index contributed by atoms with van der Waals surface area (Å²) >= 11 is 0. The van der Waals surface area contributed by atoms with Crippen molar-refractivity contribution in [2.24, 2.45) is 5.92 Å². The van der Waals surface area contributed by atoms with E-state index in [9.17, 15) is 4.79 Å². The normalized spacial score (nSPS) is 17.7. The minimum absolute atomic E-state index is 0.115. The Morgan fingerprint density at radius 1 is 1.44 bits per heavy atom. The van der Waals surface area contributed by atoms with Crippen molar-refractivity contribution in [2.75, 3.05) is 45.2 Å². The number of anilines is 1. The predicted molar refractivity (Wildman–Crippen MR) is 97.1 cm³/mol. The lowest BCUT2D eigenvalue weighted by molar-refractivity contribution is -0.122. The van der Waals surface area contributed by atoms with Crippen LogP contribution < -0.4 is 20.3 Å². The summed E-state index contributed by atoms with van der Waals surface area (Å²) in [7, 11) is 3.51. The molecule has 1 amide bonds. The van der Waals surface area contributed by atoms with Gasteiger partial charge in [-0.3, -0.25) is 4.79 Å². The first-order valence-corrected chi connectivity index (χ1v) is 8.80. The predicted octanol–water partition coefficient (Wildman–Crippen LogP) is 1.78. The van der Waals surface area contributed by atoms with Gasteiger partial charge in [0.15, 0.2) is 5.58 Å². The van der Waals surface area contributed by atoms with Gasteiger partial charge < -0.3 is 24.7 Å². The Hall–Kier alpha value is -2.28. The first-order valence-electron chi connectivity index (χ1n) is 8.80. The summed E-state index contributed by atoms with van der Waals surface area (Å²) in [6.45, 7) is 3.15. The third-order valence-corrected chi connectivity index (χ3v) is 4.54. The summed E-state index contributed by atoms with van der Waals surface area (Å²) in [4.78, 5) is 18.8. The van der Waals surface area contributed by atoms with E-state index in [1.54, 1.807) is 7.11 Å². The van der Waals surface area contributed by atoms with Crippen LogP contribution >= 0.6 is 0 Å². The summed E-state index contributed by atoms with van der Waals surface area (Å²) in [6.07, 6.45) is 2.65. The molecule has 2 aromatic rings. The lowest BCUT2D eigenvalue weighted by Crippen LogP contribution is -2.39. The highest BCUT2D eigenvalue weighted by Gasteiger charge is 2.25. The van der Waals surface area contributed by atoms with E-state index in [1.807, 2.05) is 25.2 Å². The quantitative estimate of drug-likeness (QED) is 0.744.